The maximum Gasteiger partial charge on any atom is 0.303 e. The van der Waals surface area contributed by atoms with Gasteiger partial charge in [-0.2, -0.15) is 5.10 Å². The third-order valence-electron chi connectivity index (χ3n) is 5.59. The number of esters is 1. The molecular weight excluding hydrogens is 442 g/mol. The highest BCUT2D eigenvalue weighted by Crippen LogP contribution is 2.38. The quantitative estimate of drug-likeness (QED) is 0.461. The summed E-state index contributed by atoms with van der Waals surface area (Å²) in [7, 11) is 0. The van der Waals surface area contributed by atoms with E-state index in [0.29, 0.717) is 22.3 Å². The Balaban J connectivity index is 1.61. The van der Waals surface area contributed by atoms with E-state index in [0.717, 1.165) is 39.4 Å². The molecule has 2 aliphatic rings. The average molecular weight is 466 g/mol. The summed E-state index contributed by atoms with van der Waals surface area (Å²) in [5, 5.41) is 16.7. The summed E-state index contributed by atoms with van der Waals surface area (Å²) in [5.41, 5.74) is 11.6. The highest BCUT2D eigenvalue weighted by molar-refractivity contribution is 7.15. The molecule has 2 aromatic carbocycles. The lowest BCUT2D eigenvalue weighted by atomic mass is 9.93. The van der Waals surface area contributed by atoms with Crippen LogP contribution in [-0.4, -0.2) is 34.7 Å². The summed E-state index contributed by atoms with van der Waals surface area (Å²) in [4.78, 5) is 11.2. The van der Waals surface area contributed by atoms with Crippen molar-refractivity contribution < 1.29 is 19.0 Å². The molecule has 9 nitrogen and oxygen atoms in total. The van der Waals surface area contributed by atoms with Crippen LogP contribution in [0.15, 0.2) is 35.4 Å². The van der Waals surface area contributed by atoms with Crippen molar-refractivity contribution in [1.82, 2.24) is 10.2 Å². The Labute approximate surface area is 194 Å². The standard InChI is InChI=1S/C23H23N5O4S/c1-12-6-15(4-5-18(12)24)22-17-9-20-19(31-11-32-20)8-16(17)7-13(2)28(27-22)23-26-25-21(33-23)10-30-14(3)29/h4-6,8-9,13H,7,10-11,24H2,1-3H3/t13-/m1/s1. The number of aromatic nitrogens is 2. The van der Waals surface area contributed by atoms with E-state index < -0.39 is 0 Å². The average Bonchev–Trinajstić information content (AvgIpc) is 3.41. The molecule has 3 heterocycles. The number of hydrazone groups is 1. The van der Waals surface area contributed by atoms with Gasteiger partial charge in [0, 0.05) is 23.7 Å². The molecule has 0 aliphatic carbocycles. The van der Waals surface area contributed by atoms with E-state index in [-0.39, 0.29) is 25.4 Å². The van der Waals surface area contributed by atoms with Crippen LogP contribution in [0.4, 0.5) is 10.8 Å². The van der Waals surface area contributed by atoms with Gasteiger partial charge in [0.2, 0.25) is 11.9 Å². The first-order chi connectivity index (χ1) is 15.9. The van der Waals surface area contributed by atoms with Crippen LogP contribution in [0.5, 0.6) is 11.5 Å². The number of anilines is 2. The molecule has 1 atom stereocenters. The maximum atomic E-state index is 11.2. The molecule has 5 rings (SSSR count). The molecule has 170 valence electrons. The van der Waals surface area contributed by atoms with Crippen LogP contribution in [0, 0.1) is 6.92 Å². The molecule has 0 saturated heterocycles. The zero-order valence-corrected chi connectivity index (χ0v) is 19.3. The fourth-order valence-electron chi connectivity index (χ4n) is 3.86. The van der Waals surface area contributed by atoms with Crippen LogP contribution in [0.3, 0.4) is 0 Å². The third kappa shape index (κ3) is 4.09. The number of hydrogen-bond donors (Lipinski definition) is 1. The van der Waals surface area contributed by atoms with E-state index in [9.17, 15) is 4.79 Å². The maximum absolute atomic E-state index is 11.2. The topological polar surface area (TPSA) is 112 Å². The van der Waals surface area contributed by atoms with Gasteiger partial charge < -0.3 is 19.9 Å². The number of hydrogen-bond acceptors (Lipinski definition) is 10. The molecule has 0 saturated carbocycles. The van der Waals surface area contributed by atoms with Gasteiger partial charge in [-0.25, -0.2) is 5.01 Å². The van der Waals surface area contributed by atoms with Crippen LogP contribution in [0.25, 0.3) is 0 Å². The highest BCUT2D eigenvalue weighted by atomic mass is 32.1. The predicted octanol–water partition coefficient (Wildman–Crippen LogP) is 3.42. The summed E-state index contributed by atoms with van der Waals surface area (Å²) in [6.45, 7) is 5.73. The van der Waals surface area contributed by atoms with Gasteiger partial charge in [0.15, 0.2) is 16.5 Å². The van der Waals surface area contributed by atoms with Gasteiger partial charge in [0.1, 0.15) is 6.61 Å². The number of nitrogens with two attached hydrogens (primary N) is 1. The van der Waals surface area contributed by atoms with Gasteiger partial charge in [-0.05, 0) is 55.7 Å². The van der Waals surface area contributed by atoms with E-state index in [4.69, 9.17) is 25.0 Å². The normalized spacial score (nSPS) is 16.8. The molecule has 0 spiro atoms. The Morgan fingerprint density at radius 3 is 2.79 bits per heavy atom. The number of carbonyl (C=O) groups is 1. The minimum absolute atomic E-state index is 0.00831. The molecule has 2 N–H and O–H groups in total. The minimum atomic E-state index is -0.359. The van der Waals surface area contributed by atoms with Crippen LogP contribution in [0.1, 0.15) is 41.1 Å². The van der Waals surface area contributed by atoms with Gasteiger partial charge in [0.05, 0.1) is 11.8 Å². The summed E-state index contributed by atoms with van der Waals surface area (Å²) in [6, 6.07) is 9.90. The molecule has 0 fully saturated rings. The van der Waals surface area contributed by atoms with Gasteiger partial charge >= 0.3 is 5.97 Å². The van der Waals surface area contributed by atoms with Crippen molar-refractivity contribution in [3.63, 3.8) is 0 Å². The van der Waals surface area contributed by atoms with Crippen LogP contribution in [0.2, 0.25) is 0 Å². The lowest BCUT2D eigenvalue weighted by Crippen LogP contribution is -2.29. The fourth-order valence-corrected chi connectivity index (χ4v) is 4.67. The van der Waals surface area contributed by atoms with Gasteiger partial charge in [0.25, 0.3) is 0 Å². The van der Waals surface area contributed by atoms with Gasteiger partial charge in [-0.3, -0.25) is 4.79 Å². The largest absolute Gasteiger partial charge is 0.458 e. The van der Waals surface area contributed by atoms with Crippen molar-refractivity contribution in [3.05, 3.63) is 57.6 Å². The van der Waals surface area contributed by atoms with E-state index in [1.54, 1.807) is 0 Å². The molecule has 2 aliphatic heterocycles. The van der Waals surface area contributed by atoms with E-state index in [1.807, 2.05) is 42.3 Å². The number of rotatable bonds is 4. The molecule has 1 aromatic heterocycles. The smallest absolute Gasteiger partial charge is 0.303 e. The lowest BCUT2D eigenvalue weighted by Gasteiger charge is -2.22. The summed E-state index contributed by atoms with van der Waals surface area (Å²) in [6.07, 6.45) is 0.714. The molecule has 0 radical (unpaired) electrons. The van der Waals surface area contributed by atoms with E-state index in [1.165, 1.54) is 18.3 Å². The van der Waals surface area contributed by atoms with Crippen molar-refractivity contribution in [2.75, 3.05) is 17.5 Å². The Kier molecular flexibility index (Phi) is 5.37. The second kappa shape index (κ2) is 8.36. The fraction of sp³-hybridized carbons (Fsp3) is 0.304. The molecule has 0 unspecified atom stereocenters. The minimum Gasteiger partial charge on any atom is -0.458 e. The van der Waals surface area contributed by atoms with Crippen LogP contribution in [-0.2, 0) is 22.6 Å². The number of nitrogen functional groups attached to an aromatic ring is 1. The molecular formula is C23H23N5O4S. The zero-order chi connectivity index (χ0) is 23.1. The van der Waals surface area contributed by atoms with Crippen molar-refractivity contribution >= 4 is 33.8 Å². The highest BCUT2D eigenvalue weighted by Gasteiger charge is 2.29. The Bertz CT molecular complexity index is 1270. The lowest BCUT2D eigenvalue weighted by molar-refractivity contribution is -0.142. The number of fused-ring (bicyclic) bond motifs is 2. The van der Waals surface area contributed by atoms with Crippen LogP contribution < -0.4 is 20.2 Å². The van der Waals surface area contributed by atoms with Crippen molar-refractivity contribution in [2.45, 2.75) is 39.8 Å². The number of carbonyl (C=O) groups excluding carboxylic acids is 1. The Morgan fingerprint density at radius 2 is 2.03 bits per heavy atom. The van der Waals surface area contributed by atoms with Gasteiger partial charge in [-0.1, -0.05) is 17.4 Å². The zero-order valence-electron chi connectivity index (χ0n) is 18.5. The first-order valence-electron chi connectivity index (χ1n) is 10.5. The van der Waals surface area contributed by atoms with Crippen molar-refractivity contribution in [1.29, 1.82) is 0 Å². The molecule has 33 heavy (non-hydrogen) atoms. The van der Waals surface area contributed by atoms with Gasteiger partial charge in [-0.15, -0.1) is 10.2 Å². The summed E-state index contributed by atoms with van der Waals surface area (Å²) in [5.74, 6) is 1.08. The Morgan fingerprint density at radius 1 is 1.24 bits per heavy atom. The van der Waals surface area contributed by atoms with E-state index >= 15 is 0 Å². The SMILES string of the molecule is CC(=O)OCc1nnc(N2N=C(c3ccc(N)c(C)c3)c3cc4c(cc3C[C@H]2C)OCO4)s1. The number of benzene rings is 2. The second-order valence-electron chi connectivity index (χ2n) is 8.04. The molecule has 0 bridgehead atoms. The van der Waals surface area contributed by atoms with Crippen molar-refractivity contribution in [3.8, 4) is 11.5 Å². The first-order valence-corrected chi connectivity index (χ1v) is 11.3. The summed E-state index contributed by atoms with van der Waals surface area (Å²) < 4.78 is 16.3. The van der Waals surface area contributed by atoms with Crippen LogP contribution >= 0.6 is 11.3 Å². The monoisotopic (exact) mass is 465 g/mol. The molecule has 3 aromatic rings. The van der Waals surface area contributed by atoms with Crippen molar-refractivity contribution in [2.24, 2.45) is 5.10 Å². The predicted molar refractivity (Wildman–Crippen MR) is 125 cm³/mol. The third-order valence-corrected chi connectivity index (χ3v) is 6.47. The molecule has 10 heteroatoms. The number of nitrogens with zero attached hydrogens (tertiary/aromatic N) is 4. The van der Waals surface area contributed by atoms with E-state index in [2.05, 4.69) is 17.1 Å². The Hall–Kier alpha value is -3.66. The number of ether oxygens (including phenoxy) is 3. The molecule has 0 amide bonds. The first kappa shape index (κ1) is 21.2. The summed E-state index contributed by atoms with van der Waals surface area (Å²) >= 11 is 1.35. The number of aryl methyl sites for hydroxylation is 1. The second-order valence-corrected chi connectivity index (χ2v) is 9.08.